The van der Waals surface area contributed by atoms with Crippen LogP contribution in [0, 0.1) is 11.8 Å². The van der Waals surface area contributed by atoms with Gasteiger partial charge in [0, 0.05) is 38.0 Å². The molecule has 0 aromatic carbocycles. The van der Waals surface area contributed by atoms with Crippen LogP contribution in [0.4, 0.5) is 0 Å². The fraction of sp³-hybridized carbons (Fsp3) is 0.667. The Bertz CT molecular complexity index is 612. The fourth-order valence-electron chi connectivity index (χ4n) is 4.38. The number of likely N-dealkylation sites (tertiary alicyclic amines) is 1. The molecule has 136 valence electrons. The van der Waals surface area contributed by atoms with E-state index in [4.69, 9.17) is 14.1 Å². The maximum absolute atomic E-state index is 11.9. The zero-order valence-corrected chi connectivity index (χ0v) is 14.6. The first kappa shape index (κ1) is 16.4. The number of carbonyl (C=O) groups excluding carboxylic acids is 1. The third kappa shape index (κ3) is 3.25. The molecule has 3 saturated heterocycles. The Labute approximate surface area is 147 Å². The van der Waals surface area contributed by atoms with Crippen molar-refractivity contribution in [2.24, 2.45) is 16.8 Å². The standard InChI is InChI=1S/C18H26N4O3/c1-2-19-18(21-8-7-20-17(23)16-4-3-9-24-16)22-10-12-13(11-22)15-6-5-14(12)25-15/h3-4,9,12-15H,2,5-8,10-11H2,1H3,(H,19,21)(H,20,23). The molecule has 2 bridgehead atoms. The molecule has 0 saturated carbocycles. The molecule has 1 amide bonds. The molecular weight excluding hydrogens is 320 g/mol. The molecule has 3 aliphatic rings. The van der Waals surface area contributed by atoms with Crippen molar-refractivity contribution in [1.82, 2.24) is 15.5 Å². The van der Waals surface area contributed by atoms with Crippen LogP contribution in [0.3, 0.4) is 0 Å². The monoisotopic (exact) mass is 346 g/mol. The van der Waals surface area contributed by atoms with Gasteiger partial charge in [0.1, 0.15) is 0 Å². The summed E-state index contributed by atoms with van der Waals surface area (Å²) in [7, 11) is 0. The van der Waals surface area contributed by atoms with Crippen LogP contribution in [0.25, 0.3) is 0 Å². The summed E-state index contributed by atoms with van der Waals surface area (Å²) >= 11 is 0. The van der Waals surface area contributed by atoms with Crippen LogP contribution in [0.5, 0.6) is 0 Å². The molecule has 2 N–H and O–H groups in total. The first-order chi connectivity index (χ1) is 12.3. The SMILES string of the molecule is CCNC(=NCCNC(=O)c1ccco1)N1CC2C3CCC(O3)C2C1. The lowest BCUT2D eigenvalue weighted by molar-refractivity contribution is 0.0767. The maximum Gasteiger partial charge on any atom is 0.287 e. The number of hydrogen-bond acceptors (Lipinski definition) is 4. The van der Waals surface area contributed by atoms with Crippen molar-refractivity contribution in [2.45, 2.75) is 32.0 Å². The van der Waals surface area contributed by atoms with Crippen LogP contribution in [0.2, 0.25) is 0 Å². The first-order valence-electron chi connectivity index (χ1n) is 9.26. The molecule has 4 heterocycles. The summed E-state index contributed by atoms with van der Waals surface area (Å²) in [6.45, 7) is 6.00. The Kier molecular flexibility index (Phi) is 4.65. The quantitative estimate of drug-likeness (QED) is 0.474. The minimum absolute atomic E-state index is 0.199. The number of fused-ring (bicyclic) bond motifs is 5. The third-order valence-electron chi connectivity index (χ3n) is 5.49. The Morgan fingerprint density at radius 2 is 2.04 bits per heavy atom. The lowest BCUT2D eigenvalue weighted by atomic mass is 9.82. The highest BCUT2D eigenvalue weighted by Gasteiger charge is 2.53. The minimum atomic E-state index is -0.199. The average Bonchev–Trinajstić information content (AvgIpc) is 3.38. The van der Waals surface area contributed by atoms with E-state index in [0.29, 0.717) is 42.9 Å². The van der Waals surface area contributed by atoms with Crippen molar-refractivity contribution in [3.05, 3.63) is 24.2 Å². The first-order valence-corrected chi connectivity index (χ1v) is 9.26. The van der Waals surface area contributed by atoms with Crippen LogP contribution < -0.4 is 10.6 Å². The van der Waals surface area contributed by atoms with E-state index in [1.807, 2.05) is 0 Å². The maximum atomic E-state index is 11.9. The summed E-state index contributed by atoms with van der Waals surface area (Å²) in [6.07, 6.45) is 4.83. The number of aliphatic imine (C=N–C) groups is 1. The molecule has 7 heteroatoms. The number of guanidine groups is 1. The van der Waals surface area contributed by atoms with Gasteiger partial charge >= 0.3 is 0 Å². The molecule has 0 spiro atoms. The van der Waals surface area contributed by atoms with Crippen molar-refractivity contribution >= 4 is 11.9 Å². The molecule has 0 radical (unpaired) electrons. The van der Waals surface area contributed by atoms with Gasteiger partial charge in [-0.05, 0) is 31.9 Å². The molecule has 0 aliphatic carbocycles. The molecule has 3 fully saturated rings. The van der Waals surface area contributed by atoms with E-state index < -0.39 is 0 Å². The summed E-state index contributed by atoms with van der Waals surface area (Å²) in [5.74, 6) is 2.39. The van der Waals surface area contributed by atoms with E-state index in [0.717, 1.165) is 25.6 Å². The summed E-state index contributed by atoms with van der Waals surface area (Å²) in [5.41, 5.74) is 0. The average molecular weight is 346 g/mol. The van der Waals surface area contributed by atoms with E-state index in [9.17, 15) is 4.79 Å². The smallest absolute Gasteiger partial charge is 0.287 e. The predicted octanol–water partition coefficient (Wildman–Crippen LogP) is 1.08. The van der Waals surface area contributed by atoms with E-state index in [2.05, 4.69) is 22.5 Å². The van der Waals surface area contributed by atoms with E-state index >= 15 is 0 Å². The lowest BCUT2D eigenvalue weighted by Gasteiger charge is -2.23. The van der Waals surface area contributed by atoms with Crippen LogP contribution in [-0.2, 0) is 4.74 Å². The summed E-state index contributed by atoms with van der Waals surface area (Å²) < 4.78 is 11.1. The normalized spacial score (nSPS) is 30.6. The Morgan fingerprint density at radius 1 is 1.28 bits per heavy atom. The van der Waals surface area contributed by atoms with Crippen LogP contribution in [-0.4, -0.2) is 61.7 Å². The van der Waals surface area contributed by atoms with Gasteiger partial charge in [-0.15, -0.1) is 0 Å². The highest BCUT2D eigenvalue weighted by molar-refractivity contribution is 5.91. The van der Waals surface area contributed by atoms with Gasteiger partial charge in [-0.3, -0.25) is 9.79 Å². The second-order valence-electron chi connectivity index (χ2n) is 6.99. The fourth-order valence-corrected chi connectivity index (χ4v) is 4.38. The zero-order chi connectivity index (χ0) is 17.2. The number of ether oxygens (including phenoxy) is 1. The van der Waals surface area contributed by atoms with E-state index in [1.165, 1.54) is 19.1 Å². The largest absolute Gasteiger partial charge is 0.459 e. The second kappa shape index (κ2) is 7.07. The Balaban J connectivity index is 1.30. The summed E-state index contributed by atoms with van der Waals surface area (Å²) in [6, 6.07) is 3.36. The number of amides is 1. The van der Waals surface area contributed by atoms with Crippen molar-refractivity contribution < 1.29 is 13.9 Å². The van der Waals surface area contributed by atoms with Gasteiger partial charge < -0.3 is 24.7 Å². The van der Waals surface area contributed by atoms with Gasteiger partial charge in [0.25, 0.3) is 5.91 Å². The van der Waals surface area contributed by atoms with Crippen molar-refractivity contribution in [3.8, 4) is 0 Å². The molecule has 7 nitrogen and oxygen atoms in total. The molecule has 1 aromatic heterocycles. The topological polar surface area (TPSA) is 79.1 Å². The van der Waals surface area contributed by atoms with Gasteiger partial charge in [-0.25, -0.2) is 0 Å². The number of nitrogens with one attached hydrogen (secondary N) is 2. The van der Waals surface area contributed by atoms with Gasteiger partial charge in [0.05, 0.1) is 25.0 Å². The predicted molar refractivity (Wildman–Crippen MR) is 93.5 cm³/mol. The summed E-state index contributed by atoms with van der Waals surface area (Å²) in [5, 5.41) is 6.21. The number of furan rings is 1. The molecule has 4 rings (SSSR count). The molecule has 1 aromatic rings. The van der Waals surface area contributed by atoms with Crippen LogP contribution in [0.1, 0.15) is 30.3 Å². The van der Waals surface area contributed by atoms with E-state index in [1.54, 1.807) is 12.1 Å². The molecule has 25 heavy (non-hydrogen) atoms. The molecule has 4 atom stereocenters. The highest BCUT2D eigenvalue weighted by atomic mass is 16.5. The van der Waals surface area contributed by atoms with Gasteiger partial charge in [-0.2, -0.15) is 0 Å². The highest BCUT2D eigenvalue weighted by Crippen LogP contribution is 2.47. The molecular formula is C18H26N4O3. The molecule has 4 unspecified atom stereocenters. The zero-order valence-electron chi connectivity index (χ0n) is 14.6. The Morgan fingerprint density at radius 3 is 2.68 bits per heavy atom. The Hall–Kier alpha value is -2.02. The second-order valence-corrected chi connectivity index (χ2v) is 6.99. The number of carbonyl (C=O) groups is 1. The number of rotatable bonds is 5. The minimum Gasteiger partial charge on any atom is -0.459 e. The summed E-state index contributed by atoms with van der Waals surface area (Å²) in [4.78, 5) is 18.9. The third-order valence-corrected chi connectivity index (χ3v) is 5.49. The van der Waals surface area contributed by atoms with Crippen LogP contribution >= 0.6 is 0 Å². The number of hydrogen-bond donors (Lipinski definition) is 2. The van der Waals surface area contributed by atoms with E-state index in [-0.39, 0.29) is 5.91 Å². The van der Waals surface area contributed by atoms with Gasteiger partial charge in [0.15, 0.2) is 11.7 Å². The van der Waals surface area contributed by atoms with Gasteiger partial charge in [0.2, 0.25) is 0 Å². The van der Waals surface area contributed by atoms with Crippen molar-refractivity contribution in [3.63, 3.8) is 0 Å². The van der Waals surface area contributed by atoms with Crippen molar-refractivity contribution in [2.75, 3.05) is 32.7 Å². The number of nitrogens with zero attached hydrogens (tertiary/aromatic N) is 2. The molecule has 3 aliphatic heterocycles. The van der Waals surface area contributed by atoms with Gasteiger partial charge in [-0.1, -0.05) is 0 Å². The lowest BCUT2D eigenvalue weighted by Crippen LogP contribution is -2.41. The van der Waals surface area contributed by atoms with Crippen LogP contribution in [0.15, 0.2) is 27.8 Å². The van der Waals surface area contributed by atoms with Crippen molar-refractivity contribution in [1.29, 1.82) is 0 Å².